The number of imide groups is 1. The third-order valence-corrected chi connectivity index (χ3v) is 4.61. The summed E-state index contributed by atoms with van der Waals surface area (Å²) in [6.07, 6.45) is 0. The monoisotopic (exact) mass is 403 g/mol. The average molecular weight is 403 g/mol. The van der Waals surface area contributed by atoms with E-state index >= 15 is 0 Å². The summed E-state index contributed by atoms with van der Waals surface area (Å²) < 4.78 is 28.5. The number of amides is 2. The van der Waals surface area contributed by atoms with Gasteiger partial charge in [0.2, 0.25) is 5.91 Å². The minimum absolute atomic E-state index is 0.0151. The van der Waals surface area contributed by atoms with Gasteiger partial charge in [0.1, 0.15) is 16.6 Å². The third kappa shape index (κ3) is 5.01. The Morgan fingerprint density at radius 2 is 1.82 bits per heavy atom. The molecule has 0 saturated carbocycles. The number of nitrogens with zero attached hydrogens (tertiary/aromatic N) is 2. The van der Waals surface area contributed by atoms with E-state index in [1.54, 1.807) is 6.92 Å². The first-order chi connectivity index (χ1) is 13.4. The molecule has 0 bridgehead atoms. The molecule has 1 N–H and O–H groups in total. The van der Waals surface area contributed by atoms with Gasteiger partial charge in [-0.15, -0.1) is 0 Å². The molecular formula is C19H15F2N3O3S. The highest BCUT2D eigenvalue weighted by Gasteiger charge is 2.13. The molecule has 6 nitrogen and oxygen atoms in total. The number of carbonyl (C=O) groups is 2. The zero-order valence-corrected chi connectivity index (χ0v) is 15.5. The van der Waals surface area contributed by atoms with Crippen molar-refractivity contribution in [3.63, 3.8) is 0 Å². The molecule has 9 heteroatoms. The zero-order chi connectivity index (χ0) is 20.1. The number of hydrogen-bond donors (Lipinski definition) is 1. The highest BCUT2D eigenvalue weighted by atomic mass is 32.2. The molecule has 0 atom stereocenters. The number of carbonyl (C=O) groups excluding carboxylic acids is 2. The highest BCUT2D eigenvalue weighted by Crippen LogP contribution is 2.25. The van der Waals surface area contributed by atoms with Crippen molar-refractivity contribution in [3.05, 3.63) is 59.9 Å². The topological polar surface area (TPSA) is 81.2 Å². The van der Waals surface area contributed by atoms with E-state index in [9.17, 15) is 18.4 Å². The van der Waals surface area contributed by atoms with Gasteiger partial charge in [-0.1, -0.05) is 30.0 Å². The van der Waals surface area contributed by atoms with E-state index in [2.05, 4.69) is 20.0 Å². The Hall–Kier alpha value is -3.07. The van der Waals surface area contributed by atoms with E-state index in [4.69, 9.17) is 0 Å². The van der Waals surface area contributed by atoms with Gasteiger partial charge in [-0.25, -0.2) is 9.97 Å². The van der Waals surface area contributed by atoms with Crippen LogP contribution >= 0.6 is 11.8 Å². The Kier molecular flexibility index (Phi) is 6.15. The van der Waals surface area contributed by atoms with Crippen molar-refractivity contribution in [2.45, 2.75) is 18.6 Å². The second-order valence-corrected chi connectivity index (χ2v) is 6.63. The van der Waals surface area contributed by atoms with Crippen molar-refractivity contribution < 1.29 is 23.1 Å². The summed E-state index contributed by atoms with van der Waals surface area (Å²) in [6.45, 7) is -1.18. The number of para-hydroxylation sites is 1. The summed E-state index contributed by atoms with van der Waals surface area (Å²) in [7, 11) is 0. The maximum absolute atomic E-state index is 12.1. The highest BCUT2D eigenvalue weighted by molar-refractivity contribution is 8.00. The molecule has 0 aliphatic carbocycles. The molecule has 3 rings (SSSR count). The van der Waals surface area contributed by atoms with E-state index in [-0.39, 0.29) is 17.1 Å². The van der Waals surface area contributed by atoms with Crippen LogP contribution in [0.15, 0.2) is 53.6 Å². The average Bonchev–Trinajstić information content (AvgIpc) is 2.66. The number of alkyl halides is 2. The largest absolute Gasteiger partial charge is 0.435 e. The van der Waals surface area contributed by atoms with Crippen molar-refractivity contribution in [3.8, 4) is 5.75 Å². The number of thioether (sulfide) groups is 1. The van der Waals surface area contributed by atoms with Crippen LogP contribution in [0.4, 0.5) is 8.78 Å². The van der Waals surface area contributed by atoms with Crippen LogP contribution in [0.2, 0.25) is 0 Å². The van der Waals surface area contributed by atoms with Crippen LogP contribution in [0.1, 0.15) is 16.2 Å². The first-order valence-electron chi connectivity index (χ1n) is 8.17. The number of nitrogens with one attached hydrogen (secondary N) is 1. The lowest BCUT2D eigenvalue weighted by atomic mass is 10.2. The van der Waals surface area contributed by atoms with Crippen LogP contribution in [0.3, 0.4) is 0 Å². The van der Waals surface area contributed by atoms with E-state index in [1.165, 1.54) is 36.0 Å². The standard InChI is InChI=1S/C19H15F2N3O3S/c1-11-22-15-5-3-2-4-14(15)18(23-11)28-10-16(25)24-17(26)12-6-8-13(9-7-12)27-19(20)21/h2-9,19H,10H2,1H3,(H,24,25,26). The number of hydrogen-bond acceptors (Lipinski definition) is 6. The maximum Gasteiger partial charge on any atom is 0.387 e. The molecule has 0 aliphatic heterocycles. The number of halogens is 2. The van der Waals surface area contributed by atoms with Crippen LogP contribution in [0.5, 0.6) is 5.75 Å². The minimum Gasteiger partial charge on any atom is -0.435 e. The summed E-state index contributed by atoms with van der Waals surface area (Å²) in [5.74, 6) is -0.622. The molecular weight excluding hydrogens is 388 g/mol. The Labute approximate surface area is 163 Å². The van der Waals surface area contributed by atoms with Gasteiger partial charge in [-0.3, -0.25) is 14.9 Å². The normalized spacial score (nSPS) is 10.9. The van der Waals surface area contributed by atoms with Crippen molar-refractivity contribution in [2.24, 2.45) is 0 Å². The molecule has 28 heavy (non-hydrogen) atoms. The summed E-state index contributed by atoms with van der Waals surface area (Å²) in [5, 5.41) is 3.74. The fourth-order valence-electron chi connectivity index (χ4n) is 2.43. The number of rotatable bonds is 6. The Morgan fingerprint density at radius 3 is 2.54 bits per heavy atom. The van der Waals surface area contributed by atoms with Crippen molar-refractivity contribution >= 4 is 34.5 Å². The predicted octanol–water partition coefficient (Wildman–Crippen LogP) is 3.59. The molecule has 0 aliphatic rings. The van der Waals surface area contributed by atoms with Crippen LogP contribution in [-0.4, -0.2) is 34.1 Å². The minimum atomic E-state index is -2.94. The van der Waals surface area contributed by atoms with Gasteiger partial charge in [0.25, 0.3) is 5.91 Å². The van der Waals surface area contributed by atoms with Gasteiger partial charge in [-0.2, -0.15) is 8.78 Å². The van der Waals surface area contributed by atoms with Gasteiger partial charge in [0.15, 0.2) is 0 Å². The van der Waals surface area contributed by atoms with Crippen LogP contribution in [-0.2, 0) is 4.79 Å². The quantitative estimate of drug-likeness (QED) is 0.500. The fourth-order valence-corrected chi connectivity index (χ4v) is 3.29. The molecule has 0 saturated heterocycles. The summed E-state index contributed by atoms with van der Waals surface area (Å²) in [5.41, 5.74) is 0.934. The second kappa shape index (κ2) is 8.75. The molecule has 1 aromatic heterocycles. The van der Waals surface area contributed by atoms with Crippen LogP contribution in [0, 0.1) is 6.92 Å². The Balaban J connectivity index is 1.61. The van der Waals surface area contributed by atoms with Gasteiger partial charge < -0.3 is 4.74 Å². The van der Waals surface area contributed by atoms with Crippen molar-refractivity contribution in [2.75, 3.05) is 5.75 Å². The van der Waals surface area contributed by atoms with Crippen molar-refractivity contribution in [1.29, 1.82) is 0 Å². The van der Waals surface area contributed by atoms with Gasteiger partial charge in [0, 0.05) is 10.9 Å². The molecule has 0 unspecified atom stereocenters. The van der Waals surface area contributed by atoms with Crippen LogP contribution < -0.4 is 10.1 Å². The van der Waals surface area contributed by atoms with Gasteiger partial charge >= 0.3 is 6.61 Å². The third-order valence-electron chi connectivity index (χ3n) is 3.61. The summed E-state index contributed by atoms with van der Waals surface area (Å²) in [4.78, 5) is 32.9. The molecule has 0 radical (unpaired) electrons. The molecule has 2 amide bonds. The van der Waals surface area contributed by atoms with E-state index in [0.29, 0.717) is 10.9 Å². The summed E-state index contributed by atoms with van der Waals surface area (Å²) in [6, 6.07) is 12.5. The molecule has 144 valence electrons. The zero-order valence-electron chi connectivity index (χ0n) is 14.7. The lowest BCUT2D eigenvalue weighted by molar-refractivity contribution is -0.117. The van der Waals surface area contributed by atoms with E-state index in [0.717, 1.165) is 10.9 Å². The molecule has 0 spiro atoms. The molecule has 0 fully saturated rings. The number of aromatic nitrogens is 2. The van der Waals surface area contributed by atoms with Crippen molar-refractivity contribution in [1.82, 2.24) is 15.3 Å². The number of aryl methyl sites for hydroxylation is 1. The fraction of sp³-hybridized carbons (Fsp3) is 0.158. The number of ether oxygens (including phenoxy) is 1. The number of benzene rings is 2. The summed E-state index contributed by atoms with van der Waals surface area (Å²) >= 11 is 1.20. The lowest BCUT2D eigenvalue weighted by Crippen LogP contribution is -2.31. The Bertz CT molecular complexity index is 1010. The SMILES string of the molecule is Cc1nc(SCC(=O)NC(=O)c2ccc(OC(F)F)cc2)c2ccccc2n1. The number of fused-ring (bicyclic) bond motifs is 1. The van der Waals surface area contributed by atoms with Gasteiger partial charge in [-0.05, 0) is 37.3 Å². The lowest BCUT2D eigenvalue weighted by Gasteiger charge is -2.08. The maximum atomic E-state index is 12.1. The smallest absolute Gasteiger partial charge is 0.387 e. The molecule has 1 heterocycles. The first kappa shape index (κ1) is 19.7. The Morgan fingerprint density at radius 1 is 1.11 bits per heavy atom. The van der Waals surface area contributed by atoms with Gasteiger partial charge in [0.05, 0.1) is 11.3 Å². The second-order valence-electron chi connectivity index (χ2n) is 5.66. The predicted molar refractivity (Wildman–Crippen MR) is 101 cm³/mol. The molecule has 2 aromatic carbocycles. The van der Waals surface area contributed by atoms with E-state index in [1.807, 2.05) is 24.3 Å². The van der Waals surface area contributed by atoms with E-state index < -0.39 is 18.4 Å². The molecule has 3 aromatic rings. The van der Waals surface area contributed by atoms with Crippen LogP contribution in [0.25, 0.3) is 10.9 Å². The first-order valence-corrected chi connectivity index (χ1v) is 9.16.